The van der Waals surface area contributed by atoms with Gasteiger partial charge >= 0.3 is 0 Å². The third kappa shape index (κ3) is 1.63. The monoisotopic (exact) mass is 190 g/mol. The van der Waals surface area contributed by atoms with Gasteiger partial charge in [0.1, 0.15) is 11.4 Å². The van der Waals surface area contributed by atoms with E-state index in [1.165, 1.54) is 11.1 Å². The van der Waals surface area contributed by atoms with Gasteiger partial charge in [-0.15, -0.1) is 0 Å². The Morgan fingerprint density at radius 3 is 2.79 bits per heavy atom. The molecule has 1 aliphatic heterocycles. The van der Waals surface area contributed by atoms with Crippen molar-refractivity contribution in [1.82, 2.24) is 0 Å². The van der Waals surface area contributed by atoms with Gasteiger partial charge in [-0.3, -0.25) is 0 Å². The lowest BCUT2D eigenvalue weighted by atomic mass is 9.85. The molecule has 76 valence electrons. The van der Waals surface area contributed by atoms with Crippen molar-refractivity contribution in [1.29, 1.82) is 0 Å². The minimum atomic E-state index is -0.0122. The fourth-order valence-corrected chi connectivity index (χ4v) is 2.33. The Balaban J connectivity index is 2.45. The van der Waals surface area contributed by atoms with E-state index in [-0.39, 0.29) is 5.60 Å². The summed E-state index contributed by atoms with van der Waals surface area (Å²) < 4.78 is 5.94. The summed E-state index contributed by atoms with van der Waals surface area (Å²) >= 11 is 0. The van der Waals surface area contributed by atoms with Crippen LogP contribution in [0.4, 0.5) is 0 Å². The van der Waals surface area contributed by atoms with Gasteiger partial charge in [0.15, 0.2) is 0 Å². The van der Waals surface area contributed by atoms with E-state index in [9.17, 15) is 0 Å². The molecule has 14 heavy (non-hydrogen) atoms. The van der Waals surface area contributed by atoms with Gasteiger partial charge in [-0.1, -0.05) is 24.6 Å². The van der Waals surface area contributed by atoms with Crippen LogP contribution in [0.1, 0.15) is 44.2 Å². The van der Waals surface area contributed by atoms with Crippen LogP contribution >= 0.6 is 0 Å². The van der Waals surface area contributed by atoms with Crippen LogP contribution < -0.4 is 4.74 Å². The molecule has 0 aromatic heterocycles. The number of ether oxygens (including phenoxy) is 1. The lowest BCUT2D eigenvalue weighted by Crippen LogP contribution is -2.34. The third-order valence-electron chi connectivity index (χ3n) is 2.88. The highest BCUT2D eigenvalue weighted by Crippen LogP contribution is 2.40. The maximum atomic E-state index is 5.94. The van der Waals surface area contributed by atoms with E-state index in [1.54, 1.807) is 0 Å². The van der Waals surface area contributed by atoms with Crippen molar-refractivity contribution in [3.05, 3.63) is 29.3 Å². The van der Waals surface area contributed by atoms with E-state index >= 15 is 0 Å². The van der Waals surface area contributed by atoms with Gasteiger partial charge in [-0.25, -0.2) is 0 Å². The Hall–Kier alpha value is -0.980. The summed E-state index contributed by atoms with van der Waals surface area (Å²) in [4.78, 5) is 0. The summed E-state index contributed by atoms with van der Waals surface area (Å²) in [6.07, 6.45) is 1.10. The van der Waals surface area contributed by atoms with Crippen LogP contribution in [-0.2, 0) is 0 Å². The molecular weight excluding hydrogens is 172 g/mol. The van der Waals surface area contributed by atoms with Crippen LogP contribution in [0.3, 0.4) is 0 Å². The molecule has 0 saturated heterocycles. The molecule has 0 fully saturated rings. The molecule has 1 unspecified atom stereocenters. The Morgan fingerprint density at radius 1 is 1.36 bits per heavy atom. The third-order valence-corrected chi connectivity index (χ3v) is 2.88. The second kappa shape index (κ2) is 3.01. The smallest absolute Gasteiger partial charge is 0.123 e. The summed E-state index contributed by atoms with van der Waals surface area (Å²) in [7, 11) is 0. The van der Waals surface area contributed by atoms with Crippen LogP contribution in [0.15, 0.2) is 18.2 Å². The average molecular weight is 190 g/mol. The zero-order chi connectivity index (χ0) is 10.3. The normalized spacial score (nSPS) is 23.9. The maximum absolute atomic E-state index is 5.94. The Bertz CT molecular complexity index is 352. The molecule has 0 bridgehead atoms. The van der Waals surface area contributed by atoms with Gasteiger partial charge < -0.3 is 4.74 Å². The first-order chi connectivity index (χ1) is 6.48. The fourth-order valence-electron chi connectivity index (χ4n) is 2.33. The van der Waals surface area contributed by atoms with E-state index in [4.69, 9.17) is 4.74 Å². The van der Waals surface area contributed by atoms with Crippen molar-refractivity contribution < 1.29 is 4.74 Å². The molecule has 1 aromatic carbocycles. The predicted molar refractivity (Wildman–Crippen MR) is 58.9 cm³/mol. The summed E-state index contributed by atoms with van der Waals surface area (Å²) in [5.74, 6) is 1.67. The number of aryl methyl sites for hydroxylation is 1. The van der Waals surface area contributed by atoms with Crippen LogP contribution in [0.2, 0.25) is 0 Å². The second-order valence-electron chi connectivity index (χ2n) is 5.01. The second-order valence-corrected chi connectivity index (χ2v) is 5.01. The SMILES string of the molecule is Cc1ccc2c(c1)C(C)CC(C)(C)O2. The van der Waals surface area contributed by atoms with Crippen LogP contribution in [0, 0.1) is 6.92 Å². The molecule has 1 heteroatoms. The molecule has 2 rings (SSSR count). The van der Waals surface area contributed by atoms with Crippen LogP contribution in [0.25, 0.3) is 0 Å². The van der Waals surface area contributed by atoms with Gasteiger partial charge in [0.2, 0.25) is 0 Å². The first kappa shape index (κ1) is 9.57. The number of hydrogen-bond acceptors (Lipinski definition) is 1. The first-order valence-electron chi connectivity index (χ1n) is 5.27. The Labute approximate surface area is 86.1 Å². The molecule has 1 heterocycles. The van der Waals surface area contributed by atoms with E-state index in [0.29, 0.717) is 5.92 Å². The minimum absolute atomic E-state index is 0.0122. The molecule has 0 N–H and O–H groups in total. The van der Waals surface area contributed by atoms with E-state index in [2.05, 4.69) is 45.9 Å². The molecule has 0 amide bonds. The maximum Gasteiger partial charge on any atom is 0.123 e. The number of benzene rings is 1. The van der Waals surface area contributed by atoms with Crippen molar-refractivity contribution in [2.75, 3.05) is 0 Å². The number of fused-ring (bicyclic) bond motifs is 1. The Kier molecular flexibility index (Phi) is 2.06. The van der Waals surface area contributed by atoms with E-state index < -0.39 is 0 Å². The van der Waals surface area contributed by atoms with E-state index in [1.807, 2.05) is 0 Å². The summed E-state index contributed by atoms with van der Waals surface area (Å²) in [5.41, 5.74) is 2.67. The molecule has 1 nitrogen and oxygen atoms in total. The molecule has 0 radical (unpaired) electrons. The lowest BCUT2D eigenvalue weighted by Gasteiger charge is -2.36. The van der Waals surface area contributed by atoms with Gasteiger partial charge in [-0.05, 0) is 44.7 Å². The lowest BCUT2D eigenvalue weighted by molar-refractivity contribution is 0.0746. The van der Waals surface area contributed by atoms with Crippen molar-refractivity contribution in [2.24, 2.45) is 0 Å². The summed E-state index contributed by atoms with van der Waals surface area (Å²) in [6, 6.07) is 6.46. The van der Waals surface area contributed by atoms with Gasteiger partial charge in [-0.2, -0.15) is 0 Å². The zero-order valence-corrected chi connectivity index (χ0v) is 9.42. The standard InChI is InChI=1S/C13H18O/c1-9-5-6-12-11(7-9)10(2)8-13(3,4)14-12/h5-7,10H,8H2,1-4H3. The van der Waals surface area contributed by atoms with Gasteiger partial charge in [0.25, 0.3) is 0 Å². The molecule has 0 saturated carbocycles. The van der Waals surface area contributed by atoms with Gasteiger partial charge in [0.05, 0.1) is 0 Å². The van der Waals surface area contributed by atoms with Crippen LogP contribution in [0.5, 0.6) is 5.75 Å². The Morgan fingerprint density at radius 2 is 2.07 bits per heavy atom. The van der Waals surface area contributed by atoms with Gasteiger partial charge in [0, 0.05) is 0 Å². The molecule has 0 spiro atoms. The highest BCUT2D eigenvalue weighted by molar-refractivity contribution is 5.41. The molecule has 1 aromatic rings. The average Bonchev–Trinajstić information content (AvgIpc) is 2.05. The predicted octanol–water partition coefficient (Wildman–Crippen LogP) is 3.66. The highest BCUT2D eigenvalue weighted by atomic mass is 16.5. The van der Waals surface area contributed by atoms with Crippen molar-refractivity contribution in [3.8, 4) is 5.75 Å². The molecule has 1 aliphatic rings. The van der Waals surface area contributed by atoms with Crippen molar-refractivity contribution in [2.45, 2.75) is 45.6 Å². The largest absolute Gasteiger partial charge is 0.488 e. The van der Waals surface area contributed by atoms with E-state index in [0.717, 1.165) is 12.2 Å². The fraction of sp³-hybridized carbons (Fsp3) is 0.538. The summed E-state index contributed by atoms with van der Waals surface area (Å²) in [6.45, 7) is 8.73. The first-order valence-corrected chi connectivity index (χ1v) is 5.27. The van der Waals surface area contributed by atoms with Crippen molar-refractivity contribution >= 4 is 0 Å². The quantitative estimate of drug-likeness (QED) is 0.606. The van der Waals surface area contributed by atoms with Crippen LogP contribution in [-0.4, -0.2) is 5.60 Å². The zero-order valence-electron chi connectivity index (χ0n) is 9.42. The molecule has 0 aliphatic carbocycles. The molecular formula is C13H18O. The molecule has 1 atom stereocenters. The number of hydrogen-bond donors (Lipinski definition) is 0. The summed E-state index contributed by atoms with van der Waals surface area (Å²) in [5, 5.41) is 0. The topological polar surface area (TPSA) is 9.23 Å². The highest BCUT2D eigenvalue weighted by Gasteiger charge is 2.30. The number of rotatable bonds is 0. The van der Waals surface area contributed by atoms with Crippen molar-refractivity contribution in [3.63, 3.8) is 0 Å². The minimum Gasteiger partial charge on any atom is -0.488 e.